The first-order valence-electron chi connectivity index (χ1n) is 6.12. The minimum absolute atomic E-state index is 0.526. The van der Waals surface area contributed by atoms with E-state index in [0.717, 1.165) is 32.8 Å². The number of nitrogens with zero attached hydrogens (tertiary/aromatic N) is 3. The van der Waals surface area contributed by atoms with Gasteiger partial charge in [-0.15, -0.1) is 0 Å². The van der Waals surface area contributed by atoms with Crippen molar-refractivity contribution < 1.29 is 4.74 Å². The van der Waals surface area contributed by atoms with Crippen LogP contribution in [-0.4, -0.2) is 40.5 Å². The molecule has 4 nitrogen and oxygen atoms in total. The Bertz CT molecular complexity index is 382. The first-order valence-corrected chi connectivity index (χ1v) is 6.12. The number of ether oxygens (including phenoxy) is 1. The van der Waals surface area contributed by atoms with E-state index >= 15 is 0 Å². The van der Waals surface area contributed by atoms with E-state index in [0.29, 0.717) is 12.0 Å². The summed E-state index contributed by atoms with van der Waals surface area (Å²) in [5.41, 5.74) is 2.59. The lowest BCUT2D eigenvalue weighted by Crippen LogP contribution is -2.51. The molecule has 2 aliphatic rings. The van der Waals surface area contributed by atoms with Gasteiger partial charge in [0.1, 0.15) is 0 Å². The number of hydrogen-bond acceptors (Lipinski definition) is 3. The average molecular weight is 221 g/mol. The third kappa shape index (κ3) is 1.66. The highest BCUT2D eigenvalue weighted by atomic mass is 16.5. The van der Waals surface area contributed by atoms with Crippen molar-refractivity contribution in [1.29, 1.82) is 0 Å². The molecule has 0 N–H and O–H groups in total. The molecule has 0 unspecified atom stereocenters. The molecule has 1 fully saturated rings. The molecule has 0 amide bonds. The summed E-state index contributed by atoms with van der Waals surface area (Å²) in [5, 5.41) is 4.65. The smallest absolute Gasteiger partial charge is 0.0653 e. The third-order valence-electron chi connectivity index (χ3n) is 3.57. The minimum Gasteiger partial charge on any atom is -0.378 e. The monoisotopic (exact) mass is 221 g/mol. The summed E-state index contributed by atoms with van der Waals surface area (Å²) < 4.78 is 7.43. The molecule has 16 heavy (non-hydrogen) atoms. The molecule has 88 valence electrons. The predicted molar refractivity (Wildman–Crippen MR) is 61.3 cm³/mol. The second kappa shape index (κ2) is 3.86. The Kier molecular flexibility index (Phi) is 2.48. The molecule has 0 aliphatic carbocycles. The van der Waals surface area contributed by atoms with Gasteiger partial charge in [0, 0.05) is 13.1 Å². The van der Waals surface area contributed by atoms with Crippen molar-refractivity contribution in [2.45, 2.75) is 38.9 Å². The topological polar surface area (TPSA) is 30.3 Å². The zero-order valence-corrected chi connectivity index (χ0v) is 10.0. The molecule has 1 aromatic rings. The van der Waals surface area contributed by atoms with Crippen LogP contribution < -0.4 is 0 Å². The molecule has 0 spiro atoms. The highest BCUT2D eigenvalue weighted by Gasteiger charge is 2.29. The van der Waals surface area contributed by atoms with E-state index in [1.165, 1.54) is 11.4 Å². The molecule has 4 heteroatoms. The van der Waals surface area contributed by atoms with Gasteiger partial charge in [-0.1, -0.05) is 13.8 Å². The number of aromatic nitrogens is 2. The van der Waals surface area contributed by atoms with E-state index in [4.69, 9.17) is 4.74 Å². The zero-order valence-electron chi connectivity index (χ0n) is 10.0. The van der Waals surface area contributed by atoms with Gasteiger partial charge in [0.05, 0.1) is 37.2 Å². The first-order chi connectivity index (χ1) is 7.74. The normalized spacial score (nSPS) is 22.2. The molecule has 1 aromatic heterocycles. The first kappa shape index (κ1) is 10.3. The summed E-state index contributed by atoms with van der Waals surface area (Å²) in [6.45, 7) is 9.39. The summed E-state index contributed by atoms with van der Waals surface area (Å²) in [7, 11) is 0. The van der Waals surface area contributed by atoms with E-state index in [1.807, 2.05) is 0 Å². The SMILES string of the molecule is CC(C)c1cc2n(n1)CCN(C1COC1)C2. The molecule has 3 rings (SSSR count). The summed E-state index contributed by atoms with van der Waals surface area (Å²) in [4.78, 5) is 2.52. The second-order valence-electron chi connectivity index (χ2n) is 5.10. The molecule has 0 bridgehead atoms. The van der Waals surface area contributed by atoms with Crippen LogP contribution in [0.25, 0.3) is 0 Å². The van der Waals surface area contributed by atoms with Gasteiger partial charge in [0.2, 0.25) is 0 Å². The lowest BCUT2D eigenvalue weighted by atomic mass is 10.1. The zero-order chi connectivity index (χ0) is 11.1. The lowest BCUT2D eigenvalue weighted by Gasteiger charge is -2.39. The van der Waals surface area contributed by atoms with Crippen LogP contribution in [0.2, 0.25) is 0 Å². The van der Waals surface area contributed by atoms with Crippen LogP contribution in [0.5, 0.6) is 0 Å². The van der Waals surface area contributed by atoms with Crippen LogP contribution in [0.4, 0.5) is 0 Å². The quantitative estimate of drug-likeness (QED) is 0.752. The van der Waals surface area contributed by atoms with Crippen LogP contribution in [-0.2, 0) is 17.8 Å². The van der Waals surface area contributed by atoms with E-state index in [1.54, 1.807) is 0 Å². The summed E-state index contributed by atoms with van der Waals surface area (Å²) >= 11 is 0. The molecular weight excluding hydrogens is 202 g/mol. The van der Waals surface area contributed by atoms with Crippen LogP contribution in [0.3, 0.4) is 0 Å². The number of hydrogen-bond donors (Lipinski definition) is 0. The molecule has 0 radical (unpaired) electrons. The molecule has 3 heterocycles. The van der Waals surface area contributed by atoms with Gasteiger partial charge in [-0.25, -0.2) is 0 Å². The largest absolute Gasteiger partial charge is 0.378 e. The highest BCUT2D eigenvalue weighted by Crippen LogP contribution is 2.22. The fourth-order valence-corrected chi connectivity index (χ4v) is 2.34. The maximum absolute atomic E-state index is 5.26. The Morgan fingerprint density at radius 1 is 1.38 bits per heavy atom. The van der Waals surface area contributed by atoms with Crippen LogP contribution in [0.1, 0.15) is 31.2 Å². The van der Waals surface area contributed by atoms with E-state index < -0.39 is 0 Å². The second-order valence-corrected chi connectivity index (χ2v) is 5.10. The highest BCUT2D eigenvalue weighted by molar-refractivity contribution is 5.15. The average Bonchev–Trinajstić information content (AvgIpc) is 2.57. The maximum atomic E-state index is 5.26. The summed E-state index contributed by atoms with van der Waals surface area (Å²) in [6.07, 6.45) is 0. The van der Waals surface area contributed by atoms with Crippen molar-refractivity contribution in [3.8, 4) is 0 Å². The fraction of sp³-hybridized carbons (Fsp3) is 0.750. The van der Waals surface area contributed by atoms with Gasteiger partial charge >= 0.3 is 0 Å². The van der Waals surface area contributed by atoms with Crippen molar-refractivity contribution in [2.75, 3.05) is 19.8 Å². The van der Waals surface area contributed by atoms with E-state index in [-0.39, 0.29) is 0 Å². The van der Waals surface area contributed by atoms with Gasteiger partial charge in [-0.05, 0) is 12.0 Å². The molecule has 0 atom stereocenters. The summed E-state index contributed by atoms with van der Waals surface area (Å²) in [6, 6.07) is 2.90. The Hall–Kier alpha value is -0.870. The van der Waals surface area contributed by atoms with Crippen LogP contribution in [0.15, 0.2) is 6.07 Å². The van der Waals surface area contributed by atoms with Gasteiger partial charge < -0.3 is 4.74 Å². The Labute approximate surface area is 96.2 Å². The van der Waals surface area contributed by atoms with Crippen molar-refractivity contribution in [3.63, 3.8) is 0 Å². The molecular formula is C12H19N3O. The molecule has 0 aromatic carbocycles. The molecule has 1 saturated heterocycles. The Balaban J connectivity index is 1.77. The van der Waals surface area contributed by atoms with E-state index in [2.05, 4.69) is 34.6 Å². The van der Waals surface area contributed by atoms with Gasteiger partial charge in [-0.2, -0.15) is 5.10 Å². The molecule has 0 saturated carbocycles. The van der Waals surface area contributed by atoms with E-state index in [9.17, 15) is 0 Å². The lowest BCUT2D eigenvalue weighted by molar-refractivity contribution is -0.0735. The van der Waals surface area contributed by atoms with Gasteiger partial charge in [-0.3, -0.25) is 9.58 Å². The van der Waals surface area contributed by atoms with Gasteiger partial charge in [0.25, 0.3) is 0 Å². The van der Waals surface area contributed by atoms with Crippen molar-refractivity contribution in [2.24, 2.45) is 0 Å². The Morgan fingerprint density at radius 3 is 2.81 bits per heavy atom. The standard InChI is InChI=1S/C12H19N3O/c1-9(2)12-5-10-6-14(11-7-16-8-11)3-4-15(10)13-12/h5,9,11H,3-4,6-8H2,1-2H3. The molecule has 2 aliphatic heterocycles. The number of rotatable bonds is 2. The predicted octanol–water partition coefficient (Wildman–Crippen LogP) is 1.22. The number of fused-ring (bicyclic) bond motifs is 1. The van der Waals surface area contributed by atoms with Crippen LogP contribution >= 0.6 is 0 Å². The van der Waals surface area contributed by atoms with Crippen LogP contribution in [0, 0.1) is 0 Å². The summed E-state index contributed by atoms with van der Waals surface area (Å²) in [5.74, 6) is 0.526. The van der Waals surface area contributed by atoms with Crippen molar-refractivity contribution >= 4 is 0 Å². The third-order valence-corrected chi connectivity index (χ3v) is 3.57. The van der Waals surface area contributed by atoms with Crippen molar-refractivity contribution in [1.82, 2.24) is 14.7 Å². The maximum Gasteiger partial charge on any atom is 0.0653 e. The van der Waals surface area contributed by atoms with Gasteiger partial charge in [0.15, 0.2) is 0 Å². The van der Waals surface area contributed by atoms with Crippen molar-refractivity contribution in [3.05, 3.63) is 17.5 Å². The Morgan fingerprint density at radius 2 is 2.19 bits per heavy atom. The minimum atomic E-state index is 0.526. The fourth-order valence-electron chi connectivity index (χ4n) is 2.34.